The summed E-state index contributed by atoms with van der Waals surface area (Å²) < 4.78 is 11.6. The molecule has 1 aromatic carbocycles. The van der Waals surface area contributed by atoms with Crippen LogP contribution in [0.1, 0.15) is 245 Å². The number of rotatable bonds is 44. The Morgan fingerprint density at radius 1 is 0.500 bits per heavy atom. The van der Waals surface area contributed by atoms with E-state index in [1.54, 1.807) is 7.05 Å². The zero-order chi connectivity index (χ0) is 42.3. The summed E-state index contributed by atoms with van der Waals surface area (Å²) in [5.74, 6) is -0.0810. The summed E-state index contributed by atoms with van der Waals surface area (Å²) >= 11 is 0. The minimum Gasteiger partial charge on any atom is -0.466 e. The Balaban J connectivity index is 2.36. The molecule has 0 aliphatic heterocycles. The maximum absolute atomic E-state index is 12.8. The first-order chi connectivity index (χ1) is 28.4. The summed E-state index contributed by atoms with van der Waals surface area (Å²) in [6.45, 7) is 10.1. The third-order valence-corrected chi connectivity index (χ3v) is 11.9. The van der Waals surface area contributed by atoms with Gasteiger partial charge in [0.1, 0.15) is 6.10 Å². The van der Waals surface area contributed by atoms with Crippen molar-refractivity contribution in [1.29, 1.82) is 0 Å². The second-order valence-corrected chi connectivity index (χ2v) is 17.3. The number of nitrogens with zero attached hydrogens (tertiary/aromatic N) is 1. The maximum atomic E-state index is 12.8. The van der Waals surface area contributed by atoms with Crippen LogP contribution in [-0.4, -0.2) is 56.2 Å². The molecule has 0 amide bonds. The van der Waals surface area contributed by atoms with Crippen molar-refractivity contribution in [2.24, 2.45) is 0 Å². The Bertz CT molecular complexity index is 1160. The quantitative estimate of drug-likeness (QED) is 0.0395. The maximum Gasteiger partial charge on any atom is 0.306 e. The van der Waals surface area contributed by atoms with E-state index >= 15 is 0 Å². The molecule has 0 aliphatic rings. The van der Waals surface area contributed by atoms with Gasteiger partial charge in [-0.1, -0.05) is 162 Å². The Hall–Kier alpha value is -2.22. The van der Waals surface area contributed by atoms with Gasteiger partial charge in [-0.25, -0.2) is 0 Å². The van der Waals surface area contributed by atoms with Gasteiger partial charge >= 0.3 is 11.9 Å². The van der Waals surface area contributed by atoms with Crippen LogP contribution < -0.4 is 16.2 Å². The van der Waals surface area contributed by atoms with Gasteiger partial charge in [0.15, 0.2) is 0 Å². The normalized spacial score (nSPS) is 11.6. The van der Waals surface area contributed by atoms with Crippen molar-refractivity contribution < 1.29 is 19.1 Å². The van der Waals surface area contributed by atoms with Gasteiger partial charge < -0.3 is 19.7 Å². The largest absolute Gasteiger partial charge is 0.466 e. The standard InChI is InChI=1S/C50H92N2O6/c1-5-8-11-14-17-18-19-25-33-43-57-46(53)38-30-26-32-41-52(42-34-37-45-48(51-4)50(56)49(45)55)40-31-24-20-23-29-39-47(54)58-44(35-27-21-15-12-9-6-2)36-28-22-16-13-10-7-3/h44,51H,5-43H2,1-4H3. The van der Waals surface area contributed by atoms with E-state index in [0.717, 1.165) is 116 Å². The Labute approximate surface area is 356 Å². The fourth-order valence-electron chi connectivity index (χ4n) is 8.16. The Morgan fingerprint density at radius 3 is 1.43 bits per heavy atom. The van der Waals surface area contributed by atoms with Crippen molar-refractivity contribution in [1.82, 2.24) is 4.90 Å². The van der Waals surface area contributed by atoms with E-state index in [1.165, 1.54) is 109 Å². The average Bonchev–Trinajstić information content (AvgIpc) is 3.22. The summed E-state index contributed by atoms with van der Waals surface area (Å²) in [5, 5.41) is 2.89. The molecule has 0 atom stereocenters. The minimum absolute atomic E-state index is 0.0107. The molecule has 0 aliphatic carbocycles. The highest BCUT2D eigenvalue weighted by atomic mass is 16.5. The number of unbranched alkanes of at least 4 members (excludes halogenated alkanes) is 24. The fraction of sp³-hybridized carbons (Fsp3) is 0.880. The molecular weight excluding hydrogens is 725 g/mol. The van der Waals surface area contributed by atoms with E-state index in [2.05, 4.69) is 31.0 Å². The van der Waals surface area contributed by atoms with E-state index in [4.69, 9.17) is 9.47 Å². The molecule has 0 saturated carbocycles. The van der Waals surface area contributed by atoms with Crippen molar-refractivity contribution in [2.45, 2.75) is 252 Å². The second-order valence-electron chi connectivity index (χ2n) is 17.3. The van der Waals surface area contributed by atoms with Crippen molar-refractivity contribution in [3.05, 3.63) is 26.0 Å². The third-order valence-electron chi connectivity index (χ3n) is 11.9. The Kier molecular flexibility index (Phi) is 36.1. The number of carbonyl (C=O) groups excluding carboxylic acids is 2. The van der Waals surface area contributed by atoms with Crippen LogP contribution in [0.3, 0.4) is 0 Å². The topological polar surface area (TPSA) is 102 Å². The predicted octanol–water partition coefficient (Wildman–Crippen LogP) is 12.9. The molecule has 338 valence electrons. The summed E-state index contributed by atoms with van der Waals surface area (Å²) in [7, 11) is 1.70. The minimum atomic E-state index is -0.393. The molecule has 0 heterocycles. The lowest BCUT2D eigenvalue weighted by molar-refractivity contribution is -0.150. The summed E-state index contributed by atoms with van der Waals surface area (Å²) in [4.78, 5) is 51.5. The number of ether oxygens (including phenoxy) is 2. The highest BCUT2D eigenvalue weighted by Gasteiger charge is 2.19. The molecule has 1 rings (SSSR count). The fourth-order valence-corrected chi connectivity index (χ4v) is 8.16. The molecule has 0 radical (unpaired) electrons. The molecule has 0 fully saturated rings. The van der Waals surface area contributed by atoms with Gasteiger partial charge in [0.05, 0.1) is 12.3 Å². The van der Waals surface area contributed by atoms with E-state index in [-0.39, 0.29) is 23.5 Å². The lowest BCUT2D eigenvalue weighted by Gasteiger charge is -2.23. The van der Waals surface area contributed by atoms with Gasteiger partial charge in [0, 0.05) is 25.5 Å². The third kappa shape index (κ3) is 29.1. The van der Waals surface area contributed by atoms with Crippen LogP contribution in [0.4, 0.5) is 5.69 Å². The number of anilines is 1. The Morgan fingerprint density at radius 2 is 0.914 bits per heavy atom. The number of esters is 2. The lowest BCUT2D eigenvalue weighted by Crippen LogP contribution is -2.38. The lowest BCUT2D eigenvalue weighted by atomic mass is 10.0. The molecule has 58 heavy (non-hydrogen) atoms. The predicted molar refractivity (Wildman–Crippen MR) is 246 cm³/mol. The molecule has 1 aromatic rings. The molecule has 0 bridgehead atoms. The monoisotopic (exact) mass is 817 g/mol. The van der Waals surface area contributed by atoms with Crippen molar-refractivity contribution in [3.8, 4) is 0 Å². The smallest absolute Gasteiger partial charge is 0.306 e. The first kappa shape index (κ1) is 53.8. The molecule has 0 saturated heterocycles. The SMILES string of the molecule is CCCCCCCCCCCOC(=O)CCCCCN(CCCCCCCC(=O)OC(CCCCCCCC)CCCCCCCC)CCCc1c(NC)c(=O)c1=O. The number of hydrogen-bond acceptors (Lipinski definition) is 8. The number of hydrogen-bond donors (Lipinski definition) is 1. The first-order valence-corrected chi connectivity index (χ1v) is 24.9. The van der Waals surface area contributed by atoms with Crippen LogP contribution in [0.25, 0.3) is 0 Å². The van der Waals surface area contributed by atoms with Crippen LogP contribution in [0.15, 0.2) is 9.59 Å². The molecule has 0 spiro atoms. The van der Waals surface area contributed by atoms with Gasteiger partial charge in [-0.15, -0.1) is 0 Å². The van der Waals surface area contributed by atoms with Gasteiger partial charge in [-0.2, -0.15) is 0 Å². The molecular formula is C50H92N2O6. The average molecular weight is 817 g/mol. The second kappa shape index (κ2) is 38.9. The van der Waals surface area contributed by atoms with E-state index in [9.17, 15) is 19.2 Å². The van der Waals surface area contributed by atoms with Gasteiger partial charge in [-0.3, -0.25) is 19.2 Å². The molecule has 0 aromatic heterocycles. The van der Waals surface area contributed by atoms with Gasteiger partial charge in [0.25, 0.3) is 0 Å². The number of carbonyl (C=O) groups is 2. The van der Waals surface area contributed by atoms with E-state index < -0.39 is 5.43 Å². The van der Waals surface area contributed by atoms with Crippen LogP contribution in [0.5, 0.6) is 0 Å². The van der Waals surface area contributed by atoms with E-state index in [1.807, 2.05) is 0 Å². The molecule has 0 unspecified atom stereocenters. The van der Waals surface area contributed by atoms with Crippen LogP contribution in [0, 0.1) is 0 Å². The zero-order valence-corrected chi connectivity index (χ0v) is 38.6. The molecule has 1 N–H and O–H groups in total. The molecule has 8 heteroatoms. The first-order valence-electron chi connectivity index (χ1n) is 24.9. The summed E-state index contributed by atoms with van der Waals surface area (Å²) in [6.07, 6.45) is 39.2. The van der Waals surface area contributed by atoms with Crippen molar-refractivity contribution in [3.63, 3.8) is 0 Å². The van der Waals surface area contributed by atoms with Crippen LogP contribution in [-0.2, 0) is 25.5 Å². The van der Waals surface area contributed by atoms with Crippen molar-refractivity contribution >= 4 is 17.6 Å². The number of nitrogens with one attached hydrogen (secondary N) is 1. The zero-order valence-electron chi connectivity index (χ0n) is 38.6. The highest BCUT2D eigenvalue weighted by molar-refractivity contribution is 5.69. The summed E-state index contributed by atoms with van der Waals surface area (Å²) in [6, 6.07) is 0. The highest BCUT2D eigenvalue weighted by Crippen LogP contribution is 2.19. The molecule has 8 nitrogen and oxygen atoms in total. The van der Waals surface area contributed by atoms with Crippen LogP contribution >= 0.6 is 0 Å². The van der Waals surface area contributed by atoms with Gasteiger partial charge in [0.2, 0.25) is 10.9 Å². The van der Waals surface area contributed by atoms with Gasteiger partial charge in [-0.05, 0) is 90.3 Å². The van der Waals surface area contributed by atoms with Crippen molar-refractivity contribution in [2.75, 3.05) is 38.6 Å². The van der Waals surface area contributed by atoms with Crippen LogP contribution in [0.2, 0.25) is 0 Å². The van der Waals surface area contributed by atoms with E-state index in [0.29, 0.717) is 37.1 Å². The summed E-state index contributed by atoms with van der Waals surface area (Å²) in [5.41, 5.74) is 0.394.